The Morgan fingerprint density at radius 1 is 1.06 bits per heavy atom. The van der Waals surface area contributed by atoms with Crippen LogP contribution in [0.15, 0.2) is 45.3 Å². The summed E-state index contributed by atoms with van der Waals surface area (Å²) in [6.07, 6.45) is 0. The molecule has 0 radical (unpaired) electrons. The third-order valence-corrected chi connectivity index (χ3v) is 3.88. The summed E-state index contributed by atoms with van der Waals surface area (Å²) in [7, 11) is 0. The maximum Gasteiger partial charge on any atom is 0.195 e. The van der Waals surface area contributed by atoms with Crippen LogP contribution in [-0.4, -0.2) is 5.78 Å². The van der Waals surface area contributed by atoms with Crippen molar-refractivity contribution in [3.63, 3.8) is 0 Å². The van der Waals surface area contributed by atoms with Gasteiger partial charge in [-0.15, -0.1) is 0 Å². The second-order valence-corrected chi connectivity index (χ2v) is 5.87. The molecule has 0 heterocycles. The van der Waals surface area contributed by atoms with Crippen molar-refractivity contribution in [3.05, 3.63) is 61.5 Å². The minimum atomic E-state index is -0.139. The lowest BCUT2D eigenvalue weighted by atomic mass is 10.0. The highest BCUT2D eigenvalue weighted by Crippen LogP contribution is 2.27. The smallest absolute Gasteiger partial charge is 0.195 e. The van der Waals surface area contributed by atoms with E-state index < -0.39 is 0 Å². The number of nitrogen functional groups attached to an aromatic ring is 1. The van der Waals surface area contributed by atoms with Crippen LogP contribution in [0.25, 0.3) is 0 Å². The van der Waals surface area contributed by atoms with Crippen LogP contribution in [0, 0.1) is 0 Å². The van der Waals surface area contributed by atoms with E-state index in [9.17, 15) is 4.79 Å². The Kier molecular flexibility index (Phi) is 4.10. The number of benzene rings is 2. The van der Waals surface area contributed by atoms with E-state index in [-0.39, 0.29) is 5.78 Å². The first kappa shape index (κ1) is 13.6. The van der Waals surface area contributed by atoms with Crippen molar-refractivity contribution in [2.45, 2.75) is 0 Å². The van der Waals surface area contributed by atoms with Gasteiger partial charge in [0.2, 0.25) is 0 Å². The Bertz CT molecular complexity index is 575. The number of hydrogen-bond donors (Lipinski definition) is 1. The fourth-order valence-corrected chi connectivity index (χ4v) is 3.04. The SMILES string of the molecule is Nc1ccc(C(=O)c2ccc(Br)cc2Br)c(Cl)c1. The van der Waals surface area contributed by atoms with Gasteiger partial charge in [-0.3, -0.25) is 4.79 Å². The molecule has 2 aromatic rings. The number of carbonyl (C=O) groups excluding carboxylic acids is 1. The maximum atomic E-state index is 12.3. The van der Waals surface area contributed by atoms with Gasteiger partial charge in [0, 0.05) is 25.8 Å². The highest BCUT2D eigenvalue weighted by Gasteiger charge is 2.15. The van der Waals surface area contributed by atoms with E-state index >= 15 is 0 Å². The van der Waals surface area contributed by atoms with Crippen LogP contribution in [-0.2, 0) is 0 Å². The summed E-state index contributed by atoms with van der Waals surface area (Å²) in [4.78, 5) is 12.3. The van der Waals surface area contributed by atoms with E-state index in [1.54, 1.807) is 24.3 Å². The summed E-state index contributed by atoms with van der Waals surface area (Å²) in [5.41, 5.74) is 7.14. The number of nitrogens with two attached hydrogens (primary N) is 1. The Hall–Kier alpha value is -0.840. The number of halogens is 3. The molecule has 0 aliphatic rings. The summed E-state index contributed by atoms with van der Waals surface area (Å²) in [5.74, 6) is -0.139. The molecule has 0 saturated heterocycles. The topological polar surface area (TPSA) is 43.1 Å². The highest BCUT2D eigenvalue weighted by molar-refractivity contribution is 9.11. The van der Waals surface area contributed by atoms with Crippen molar-refractivity contribution in [2.24, 2.45) is 0 Å². The molecule has 2 aromatic carbocycles. The van der Waals surface area contributed by atoms with Crippen molar-refractivity contribution in [3.8, 4) is 0 Å². The van der Waals surface area contributed by atoms with E-state index in [1.807, 2.05) is 12.1 Å². The minimum absolute atomic E-state index is 0.139. The van der Waals surface area contributed by atoms with E-state index in [2.05, 4.69) is 31.9 Å². The third kappa shape index (κ3) is 2.76. The average molecular weight is 389 g/mol. The van der Waals surface area contributed by atoms with Crippen LogP contribution in [0.4, 0.5) is 5.69 Å². The molecule has 0 aliphatic carbocycles. The van der Waals surface area contributed by atoms with Crippen LogP contribution < -0.4 is 5.73 Å². The second-order valence-electron chi connectivity index (χ2n) is 3.69. The zero-order chi connectivity index (χ0) is 13.3. The van der Waals surface area contributed by atoms with Crippen molar-refractivity contribution in [1.82, 2.24) is 0 Å². The molecule has 0 bridgehead atoms. The van der Waals surface area contributed by atoms with Crippen molar-refractivity contribution >= 4 is 54.9 Å². The lowest BCUT2D eigenvalue weighted by Gasteiger charge is -2.07. The van der Waals surface area contributed by atoms with Gasteiger partial charge in [-0.2, -0.15) is 0 Å². The molecular weight excluding hydrogens is 381 g/mol. The summed E-state index contributed by atoms with van der Waals surface area (Å²) in [5, 5.41) is 0.356. The van der Waals surface area contributed by atoms with Gasteiger partial charge in [-0.1, -0.05) is 27.5 Å². The van der Waals surface area contributed by atoms with Gasteiger partial charge in [-0.25, -0.2) is 0 Å². The average Bonchev–Trinajstić information content (AvgIpc) is 2.28. The fourth-order valence-electron chi connectivity index (χ4n) is 1.53. The number of anilines is 1. The number of hydrogen-bond acceptors (Lipinski definition) is 2. The Balaban J connectivity index is 2.48. The molecule has 0 amide bonds. The van der Waals surface area contributed by atoms with Crippen LogP contribution in [0.1, 0.15) is 15.9 Å². The quantitative estimate of drug-likeness (QED) is 0.599. The Morgan fingerprint density at radius 3 is 2.33 bits per heavy atom. The van der Waals surface area contributed by atoms with Gasteiger partial charge in [0.15, 0.2) is 5.78 Å². The van der Waals surface area contributed by atoms with Crippen molar-refractivity contribution < 1.29 is 4.79 Å². The largest absolute Gasteiger partial charge is 0.399 e. The Labute approximate surface area is 126 Å². The van der Waals surface area contributed by atoms with E-state index in [0.717, 1.165) is 8.95 Å². The molecule has 2 rings (SSSR count). The molecule has 0 fully saturated rings. The first-order chi connectivity index (χ1) is 8.49. The number of rotatable bonds is 2. The number of carbonyl (C=O) groups is 1. The van der Waals surface area contributed by atoms with Gasteiger partial charge >= 0.3 is 0 Å². The van der Waals surface area contributed by atoms with E-state index in [4.69, 9.17) is 17.3 Å². The number of ketones is 1. The zero-order valence-electron chi connectivity index (χ0n) is 9.08. The molecule has 0 spiro atoms. The first-order valence-electron chi connectivity index (χ1n) is 5.04. The van der Waals surface area contributed by atoms with Crippen molar-refractivity contribution in [1.29, 1.82) is 0 Å². The molecule has 2 nitrogen and oxygen atoms in total. The van der Waals surface area contributed by atoms with Crippen LogP contribution in [0.3, 0.4) is 0 Å². The Morgan fingerprint density at radius 2 is 1.72 bits per heavy atom. The normalized spacial score (nSPS) is 10.4. The molecule has 0 aromatic heterocycles. The standard InChI is InChI=1S/C13H8Br2ClNO/c14-7-1-3-9(11(15)5-7)13(18)10-4-2-8(17)6-12(10)16/h1-6H,17H2. The lowest BCUT2D eigenvalue weighted by Crippen LogP contribution is -2.03. The maximum absolute atomic E-state index is 12.3. The molecular formula is C13H8Br2ClNO. The molecule has 18 heavy (non-hydrogen) atoms. The monoisotopic (exact) mass is 387 g/mol. The second kappa shape index (κ2) is 5.43. The minimum Gasteiger partial charge on any atom is -0.399 e. The summed E-state index contributed by atoms with van der Waals surface area (Å²) < 4.78 is 1.61. The lowest BCUT2D eigenvalue weighted by molar-refractivity contribution is 0.103. The van der Waals surface area contributed by atoms with Gasteiger partial charge < -0.3 is 5.73 Å². The third-order valence-electron chi connectivity index (χ3n) is 2.41. The highest BCUT2D eigenvalue weighted by atomic mass is 79.9. The van der Waals surface area contributed by atoms with Crippen molar-refractivity contribution in [2.75, 3.05) is 5.73 Å². The molecule has 2 N–H and O–H groups in total. The van der Waals surface area contributed by atoms with Crippen LogP contribution >= 0.6 is 43.5 Å². The fraction of sp³-hybridized carbons (Fsp3) is 0. The molecule has 5 heteroatoms. The van der Waals surface area contributed by atoms with Crippen LogP contribution in [0.5, 0.6) is 0 Å². The van der Waals surface area contributed by atoms with Gasteiger partial charge in [-0.05, 0) is 52.3 Å². The van der Waals surface area contributed by atoms with E-state index in [1.165, 1.54) is 0 Å². The van der Waals surface area contributed by atoms with E-state index in [0.29, 0.717) is 21.8 Å². The summed E-state index contributed by atoms with van der Waals surface area (Å²) >= 11 is 12.7. The molecule has 0 unspecified atom stereocenters. The van der Waals surface area contributed by atoms with Crippen LogP contribution in [0.2, 0.25) is 5.02 Å². The zero-order valence-corrected chi connectivity index (χ0v) is 13.0. The molecule has 0 atom stereocenters. The molecule has 0 aliphatic heterocycles. The van der Waals surface area contributed by atoms with Gasteiger partial charge in [0.05, 0.1) is 5.02 Å². The van der Waals surface area contributed by atoms with Gasteiger partial charge in [0.1, 0.15) is 0 Å². The van der Waals surface area contributed by atoms with Gasteiger partial charge in [0.25, 0.3) is 0 Å². The summed E-state index contributed by atoms with van der Waals surface area (Å²) in [6.45, 7) is 0. The molecule has 92 valence electrons. The predicted molar refractivity (Wildman–Crippen MR) is 81.1 cm³/mol. The predicted octanol–water partition coefficient (Wildman–Crippen LogP) is 4.68. The summed E-state index contributed by atoms with van der Waals surface area (Å²) in [6, 6.07) is 10.2. The molecule has 0 saturated carbocycles. The first-order valence-corrected chi connectivity index (χ1v) is 7.00.